The van der Waals surface area contributed by atoms with Crippen LogP contribution in [0.25, 0.3) is 26.9 Å². The van der Waals surface area contributed by atoms with Crippen LogP contribution in [0.5, 0.6) is 0 Å². The first-order valence-corrected chi connectivity index (χ1v) is 8.94. The molecule has 0 radical (unpaired) electrons. The molecule has 0 bridgehead atoms. The molecule has 0 fully saturated rings. The fourth-order valence-electron chi connectivity index (χ4n) is 2.62. The van der Waals surface area contributed by atoms with Gasteiger partial charge in [-0.05, 0) is 36.4 Å². The number of aryl methyl sites for hydroxylation is 1. The summed E-state index contributed by atoms with van der Waals surface area (Å²) in [6.07, 6.45) is 4.93. The molecule has 0 saturated carbocycles. The highest BCUT2D eigenvalue weighted by Gasteiger charge is 2.07. The van der Waals surface area contributed by atoms with Crippen molar-refractivity contribution in [3.8, 4) is 10.6 Å². The average molecular weight is 360 g/mol. The van der Waals surface area contributed by atoms with Crippen molar-refractivity contribution >= 4 is 39.2 Å². The molecule has 0 saturated heterocycles. The van der Waals surface area contributed by atoms with Gasteiger partial charge < -0.3 is 5.32 Å². The standard InChI is InChI=1S/C20H16N4OS/c1-24-16(11-12-21-24)9-10-19(25)22-15-6-4-5-14(13-15)20-23-17-7-2-3-8-18(17)26-20/h2-13H,1H3,(H,22,25). The Morgan fingerprint density at radius 3 is 2.85 bits per heavy atom. The number of carbonyl (C=O) groups excluding carboxylic acids is 1. The largest absolute Gasteiger partial charge is 0.322 e. The van der Waals surface area contributed by atoms with Crippen LogP contribution in [-0.2, 0) is 11.8 Å². The summed E-state index contributed by atoms with van der Waals surface area (Å²) < 4.78 is 2.86. The molecule has 0 spiro atoms. The first-order chi connectivity index (χ1) is 12.7. The summed E-state index contributed by atoms with van der Waals surface area (Å²) in [5.74, 6) is -0.187. The van der Waals surface area contributed by atoms with Crippen molar-refractivity contribution < 1.29 is 4.79 Å². The van der Waals surface area contributed by atoms with Crippen LogP contribution in [0.1, 0.15) is 5.69 Å². The van der Waals surface area contributed by atoms with Gasteiger partial charge in [-0.3, -0.25) is 9.48 Å². The van der Waals surface area contributed by atoms with Crippen LogP contribution >= 0.6 is 11.3 Å². The Bertz CT molecular complexity index is 1080. The highest BCUT2D eigenvalue weighted by molar-refractivity contribution is 7.21. The lowest BCUT2D eigenvalue weighted by atomic mass is 10.2. The monoisotopic (exact) mass is 360 g/mol. The van der Waals surface area contributed by atoms with Gasteiger partial charge in [-0.25, -0.2) is 4.98 Å². The SMILES string of the molecule is Cn1nccc1C=CC(=O)Nc1cccc(-c2nc3ccccc3s2)c1. The molecular formula is C20H16N4OS. The summed E-state index contributed by atoms with van der Waals surface area (Å²) in [6.45, 7) is 0. The van der Waals surface area contributed by atoms with Crippen LogP contribution in [0, 0.1) is 0 Å². The molecule has 2 heterocycles. The number of benzene rings is 2. The molecule has 26 heavy (non-hydrogen) atoms. The van der Waals surface area contributed by atoms with E-state index < -0.39 is 0 Å². The maximum Gasteiger partial charge on any atom is 0.248 e. The van der Waals surface area contributed by atoms with Gasteiger partial charge in [-0.2, -0.15) is 5.10 Å². The molecule has 1 amide bonds. The van der Waals surface area contributed by atoms with E-state index in [0.29, 0.717) is 0 Å². The normalized spacial score (nSPS) is 11.3. The van der Waals surface area contributed by atoms with Crippen LogP contribution < -0.4 is 5.32 Å². The fraction of sp³-hybridized carbons (Fsp3) is 0.0500. The van der Waals surface area contributed by atoms with E-state index in [4.69, 9.17) is 0 Å². The smallest absolute Gasteiger partial charge is 0.248 e. The molecule has 6 heteroatoms. The minimum Gasteiger partial charge on any atom is -0.322 e. The van der Waals surface area contributed by atoms with Crippen LogP contribution in [0.3, 0.4) is 0 Å². The molecule has 2 aromatic heterocycles. The van der Waals surface area contributed by atoms with Gasteiger partial charge in [0.25, 0.3) is 0 Å². The van der Waals surface area contributed by atoms with E-state index in [2.05, 4.69) is 21.5 Å². The van der Waals surface area contributed by atoms with E-state index in [1.807, 2.05) is 55.6 Å². The predicted molar refractivity (Wildman–Crippen MR) is 106 cm³/mol. The van der Waals surface area contributed by atoms with Gasteiger partial charge in [-0.1, -0.05) is 24.3 Å². The van der Waals surface area contributed by atoms with Crippen LogP contribution in [-0.4, -0.2) is 20.7 Å². The lowest BCUT2D eigenvalue weighted by Crippen LogP contribution is -2.07. The van der Waals surface area contributed by atoms with Crippen molar-refractivity contribution in [1.82, 2.24) is 14.8 Å². The Labute approximate surface area is 154 Å². The molecule has 0 aliphatic heterocycles. The van der Waals surface area contributed by atoms with Gasteiger partial charge in [0.2, 0.25) is 5.91 Å². The molecule has 5 nitrogen and oxygen atoms in total. The van der Waals surface area contributed by atoms with Gasteiger partial charge >= 0.3 is 0 Å². The lowest BCUT2D eigenvalue weighted by Gasteiger charge is -2.04. The Morgan fingerprint density at radius 2 is 2.04 bits per heavy atom. The molecule has 2 aromatic carbocycles. The second kappa shape index (κ2) is 6.93. The van der Waals surface area contributed by atoms with E-state index in [0.717, 1.165) is 32.2 Å². The van der Waals surface area contributed by atoms with E-state index in [9.17, 15) is 4.79 Å². The van der Waals surface area contributed by atoms with E-state index in [1.165, 1.54) is 6.08 Å². The van der Waals surface area contributed by atoms with Crippen molar-refractivity contribution in [3.63, 3.8) is 0 Å². The van der Waals surface area contributed by atoms with Gasteiger partial charge in [0.15, 0.2) is 0 Å². The summed E-state index contributed by atoms with van der Waals surface area (Å²) >= 11 is 1.64. The average Bonchev–Trinajstić information content (AvgIpc) is 3.26. The lowest BCUT2D eigenvalue weighted by molar-refractivity contribution is -0.111. The summed E-state index contributed by atoms with van der Waals surface area (Å²) in [4.78, 5) is 16.8. The Balaban J connectivity index is 1.53. The van der Waals surface area contributed by atoms with Crippen molar-refractivity contribution in [2.75, 3.05) is 5.32 Å². The third kappa shape index (κ3) is 3.41. The number of para-hydroxylation sites is 1. The van der Waals surface area contributed by atoms with Crippen LogP contribution in [0.2, 0.25) is 0 Å². The van der Waals surface area contributed by atoms with E-state index in [-0.39, 0.29) is 5.91 Å². The van der Waals surface area contributed by atoms with Gasteiger partial charge in [0.1, 0.15) is 5.01 Å². The zero-order chi connectivity index (χ0) is 17.9. The second-order valence-corrected chi connectivity index (χ2v) is 6.80. The number of hydrogen-bond acceptors (Lipinski definition) is 4. The quantitative estimate of drug-likeness (QED) is 0.551. The molecule has 4 aromatic rings. The number of hydrogen-bond donors (Lipinski definition) is 1. The van der Waals surface area contributed by atoms with Crippen molar-refractivity contribution in [3.05, 3.63) is 72.6 Å². The van der Waals surface area contributed by atoms with Crippen molar-refractivity contribution in [1.29, 1.82) is 0 Å². The molecule has 0 aliphatic rings. The van der Waals surface area contributed by atoms with E-state index in [1.54, 1.807) is 28.3 Å². The third-order valence-electron chi connectivity index (χ3n) is 3.94. The number of nitrogens with one attached hydrogen (secondary N) is 1. The fourth-order valence-corrected chi connectivity index (χ4v) is 3.58. The highest BCUT2D eigenvalue weighted by atomic mass is 32.1. The molecule has 0 unspecified atom stereocenters. The number of aromatic nitrogens is 3. The van der Waals surface area contributed by atoms with E-state index >= 15 is 0 Å². The summed E-state index contributed by atoms with van der Waals surface area (Å²) in [5, 5.41) is 7.90. The molecule has 1 N–H and O–H groups in total. The molecule has 128 valence electrons. The maximum absolute atomic E-state index is 12.2. The first kappa shape index (κ1) is 16.2. The van der Waals surface area contributed by atoms with Gasteiger partial charge in [-0.15, -0.1) is 11.3 Å². The van der Waals surface area contributed by atoms with Crippen molar-refractivity contribution in [2.45, 2.75) is 0 Å². The van der Waals surface area contributed by atoms with Gasteiger partial charge in [0, 0.05) is 30.6 Å². The Hall–Kier alpha value is -3.25. The molecular weight excluding hydrogens is 344 g/mol. The van der Waals surface area contributed by atoms with Crippen LogP contribution in [0.4, 0.5) is 5.69 Å². The third-order valence-corrected chi connectivity index (χ3v) is 5.02. The van der Waals surface area contributed by atoms with Crippen LogP contribution in [0.15, 0.2) is 66.9 Å². The minimum atomic E-state index is -0.187. The Morgan fingerprint density at radius 1 is 1.15 bits per heavy atom. The number of rotatable bonds is 4. The van der Waals surface area contributed by atoms with Crippen molar-refractivity contribution in [2.24, 2.45) is 7.05 Å². The topological polar surface area (TPSA) is 59.8 Å². The van der Waals surface area contributed by atoms with Gasteiger partial charge in [0.05, 0.1) is 15.9 Å². The highest BCUT2D eigenvalue weighted by Crippen LogP contribution is 2.31. The first-order valence-electron chi connectivity index (χ1n) is 8.12. The molecule has 4 rings (SSSR count). The number of anilines is 1. The summed E-state index contributed by atoms with van der Waals surface area (Å²) in [5.41, 5.74) is 3.57. The summed E-state index contributed by atoms with van der Waals surface area (Å²) in [6, 6.07) is 17.6. The minimum absolute atomic E-state index is 0.187. The molecule has 0 aliphatic carbocycles. The number of fused-ring (bicyclic) bond motifs is 1. The second-order valence-electron chi connectivity index (χ2n) is 5.77. The number of carbonyl (C=O) groups is 1. The zero-order valence-electron chi connectivity index (χ0n) is 14.1. The number of thiazole rings is 1. The number of amides is 1. The maximum atomic E-state index is 12.2. The Kier molecular flexibility index (Phi) is 4.33. The zero-order valence-corrected chi connectivity index (χ0v) is 14.9. The molecule has 0 atom stereocenters. The summed E-state index contributed by atoms with van der Waals surface area (Å²) in [7, 11) is 1.83. The number of nitrogens with zero attached hydrogens (tertiary/aromatic N) is 3. The predicted octanol–water partition coefficient (Wildman–Crippen LogP) is 4.35.